The molecule has 0 fully saturated rings. The molecule has 6 N–H and O–H groups in total. The van der Waals surface area contributed by atoms with Gasteiger partial charge in [0.2, 0.25) is 5.91 Å². The van der Waals surface area contributed by atoms with Crippen LogP contribution in [0, 0.1) is 0 Å². The van der Waals surface area contributed by atoms with Crippen LogP contribution in [0.25, 0.3) is 0 Å². The lowest BCUT2D eigenvalue weighted by molar-refractivity contribution is -0.125. The minimum absolute atomic E-state index is 0.0600. The molecule has 0 heterocycles. The molecule has 0 saturated heterocycles. The summed E-state index contributed by atoms with van der Waals surface area (Å²) in [5.41, 5.74) is 5.37. The SMILES string of the molecule is CCCCCCCCCCCC/C=C\CCCCCCCC(O)CC(=O)NC(COP(=O)(O)OCCN)C(O)CCCCCCCCCCCCCCC. The zero-order chi connectivity index (χ0) is 39.8. The maximum atomic E-state index is 12.8. The van der Waals surface area contributed by atoms with Crippen molar-refractivity contribution >= 4 is 13.7 Å². The molecular weight excluding hydrogens is 699 g/mol. The molecule has 0 aliphatic heterocycles. The highest BCUT2D eigenvalue weighted by Crippen LogP contribution is 2.43. The minimum atomic E-state index is -4.37. The number of nitrogens with one attached hydrogen (secondary N) is 1. The van der Waals surface area contributed by atoms with Crippen LogP contribution in [0.5, 0.6) is 0 Å². The van der Waals surface area contributed by atoms with Crippen LogP contribution in [-0.4, -0.2) is 59.0 Å². The molecule has 4 atom stereocenters. The van der Waals surface area contributed by atoms with E-state index in [-0.39, 0.29) is 26.2 Å². The highest BCUT2D eigenvalue weighted by molar-refractivity contribution is 7.47. The number of phosphoric acid groups is 1. The third-order valence-electron chi connectivity index (χ3n) is 10.4. The van der Waals surface area contributed by atoms with Crippen molar-refractivity contribution in [3.8, 4) is 0 Å². The average molecular weight is 789 g/mol. The summed E-state index contributed by atoms with van der Waals surface area (Å²) in [6.45, 7) is 4.05. The van der Waals surface area contributed by atoms with E-state index in [1.807, 2.05) is 0 Å². The van der Waals surface area contributed by atoms with Crippen molar-refractivity contribution in [3.63, 3.8) is 0 Å². The van der Waals surface area contributed by atoms with E-state index in [9.17, 15) is 24.5 Å². The zero-order valence-corrected chi connectivity index (χ0v) is 36.2. The topological polar surface area (TPSA) is 151 Å². The molecule has 0 spiro atoms. The second kappa shape index (κ2) is 40.4. The smallest absolute Gasteiger partial charge is 0.393 e. The van der Waals surface area contributed by atoms with E-state index in [2.05, 4.69) is 31.3 Å². The second-order valence-corrected chi connectivity index (χ2v) is 17.3. The van der Waals surface area contributed by atoms with Gasteiger partial charge in [0.25, 0.3) is 0 Å². The first kappa shape index (κ1) is 53.2. The largest absolute Gasteiger partial charge is 0.472 e. The van der Waals surface area contributed by atoms with Gasteiger partial charge in [0.1, 0.15) is 0 Å². The third kappa shape index (κ3) is 38.1. The van der Waals surface area contributed by atoms with E-state index in [4.69, 9.17) is 14.8 Å². The summed E-state index contributed by atoms with van der Waals surface area (Å²) in [7, 11) is -4.37. The lowest BCUT2D eigenvalue weighted by Crippen LogP contribution is -2.47. The van der Waals surface area contributed by atoms with Crippen LogP contribution in [0.4, 0.5) is 0 Å². The quantitative estimate of drug-likeness (QED) is 0.0233. The van der Waals surface area contributed by atoms with Gasteiger partial charge in [-0.1, -0.05) is 193 Å². The molecule has 54 heavy (non-hydrogen) atoms. The Bertz CT molecular complexity index is 878. The molecule has 0 aromatic heterocycles. The third-order valence-corrected chi connectivity index (χ3v) is 11.4. The molecule has 4 unspecified atom stereocenters. The molecule has 0 radical (unpaired) electrons. The van der Waals surface area contributed by atoms with Crippen LogP contribution in [0.2, 0.25) is 0 Å². The second-order valence-electron chi connectivity index (χ2n) is 15.8. The number of nitrogens with two attached hydrogens (primary N) is 1. The summed E-state index contributed by atoms with van der Waals surface area (Å²) in [5, 5.41) is 24.2. The zero-order valence-electron chi connectivity index (χ0n) is 35.3. The molecule has 10 heteroatoms. The normalized spacial score (nSPS) is 14.7. The predicted molar refractivity (Wildman–Crippen MR) is 228 cm³/mol. The molecule has 0 aliphatic carbocycles. The van der Waals surface area contributed by atoms with Crippen LogP contribution in [-0.2, 0) is 18.4 Å². The van der Waals surface area contributed by atoms with Crippen molar-refractivity contribution in [2.75, 3.05) is 19.8 Å². The van der Waals surface area contributed by atoms with Gasteiger partial charge >= 0.3 is 7.82 Å². The Kier molecular flexibility index (Phi) is 39.8. The summed E-state index contributed by atoms with van der Waals surface area (Å²) in [6.07, 6.45) is 41.1. The number of carbonyl (C=O) groups is 1. The lowest BCUT2D eigenvalue weighted by atomic mass is 10.0. The molecule has 0 bridgehead atoms. The Morgan fingerprint density at radius 2 is 1.00 bits per heavy atom. The number of rotatable bonds is 43. The maximum Gasteiger partial charge on any atom is 0.472 e. The number of hydrogen-bond acceptors (Lipinski definition) is 7. The van der Waals surface area contributed by atoms with E-state index >= 15 is 0 Å². The fourth-order valence-corrected chi connectivity index (χ4v) is 7.70. The van der Waals surface area contributed by atoms with Gasteiger partial charge in [0, 0.05) is 6.54 Å². The van der Waals surface area contributed by atoms with Crippen LogP contribution in [0.3, 0.4) is 0 Å². The molecule has 0 saturated carbocycles. The Morgan fingerprint density at radius 3 is 1.43 bits per heavy atom. The molecule has 322 valence electrons. The number of aliphatic hydroxyl groups excluding tert-OH is 2. The predicted octanol–water partition coefficient (Wildman–Crippen LogP) is 11.8. The summed E-state index contributed by atoms with van der Waals surface area (Å²) < 4.78 is 22.1. The van der Waals surface area contributed by atoms with Crippen molar-refractivity contribution in [2.45, 2.75) is 244 Å². The minimum Gasteiger partial charge on any atom is -0.393 e. The number of unbranched alkanes of at least 4 members (excludes halogenated alkanes) is 27. The molecule has 0 aliphatic rings. The number of allylic oxidation sites excluding steroid dienone is 2. The van der Waals surface area contributed by atoms with E-state index in [1.54, 1.807) is 0 Å². The maximum absolute atomic E-state index is 12.8. The number of hydrogen-bond donors (Lipinski definition) is 5. The van der Waals surface area contributed by atoms with Crippen molar-refractivity contribution in [2.24, 2.45) is 5.73 Å². The number of aliphatic hydroxyl groups is 2. The molecule has 1 amide bonds. The van der Waals surface area contributed by atoms with Gasteiger partial charge in [-0.2, -0.15) is 0 Å². The van der Waals surface area contributed by atoms with Crippen LogP contribution < -0.4 is 11.1 Å². The van der Waals surface area contributed by atoms with E-state index in [0.717, 1.165) is 44.9 Å². The number of carbonyl (C=O) groups excluding carboxylic acids is 1. The highest BCUT2D eigenvalue weighted by atomic mass is 31.2. The summed E-state index contributed by atoms with van der Waals surface area (Å²) >= 11 is 0. The number of phosphoric ester groups is 1. The van der Waals surface area contributed by atoms with Gasteiger partial charge in [-0.3, -0.25) is 13.8 Å². The van der Waals surface area contributed by atoms with E-state index in [0.29, 0.717) is 12.8 Å². The van der Waals surface area contributed by atoms with Crippen LogP contribution >= 0.6 is 7.82 Å². The van der Waals surface area contributed by atoms with Crippen molar-refractivity contribution < 1.29 is 33.5 Å². The monoisotopic (exact) mass is 789 g/mol. The van der Waals surface area contributed by atoms with Gasteiger partial charge in [-0.25, -0.2) is 4.57 Å². The van der Waals surface area contributed by atoms with E-state index < -0.39 is 32.0 Å². The van der Waals surface area contributed by atoms with Gasteiger partial charge in [-0.15, -0.1) is 0 Å². The van der Waals surface area contributed by atoms with Gasteiger partial charge in [0.05, 0.1) is 37.9 Å². The molecule has 0 rings (SSSR count). The van der Waals surface area contributed by atoms with E-state index in [1.165, 1.54) is 148 Å². The van der Waals surface area contributed by atoms with Crippen molar-refractivity contribution in [1.29, 1.82) is 0 Å². The first-order chi connectivity index (χ1) is 26.3. The Hall–Kier alpha value is -0.800. The molecule has 0 aromatic carbocycles. The summed E-state index contributed by atoms with van der Waals surface area (Å²) in [4.78, 5) is 22.8. The molecule has 9 nitrogen and oxygen atoms in total. The number of amides is 1. The fraction of sp³-hybridized carbons (Fsp3) is 0.932. The average Bonchev–Trinajstić information content (AvgIpc) is 3.15. The van der Waals surface area contributed by atoms with Crippen LogP contribution in [0.1, 0.15) is 226 Å². The Labute approximate surface area is 333 Å². The van der Waals surface area contributed by atoms with Gasteiger partial charge in [-0.05, 0) is 38.5 Å². The molecular formula is C44H89N2O7P. The Balaban J connectivity index is 4.20. The van der Waals surface area contributed by atoms with Gasteiger partial charge < -0.3 is 26.2 Å². The first-order valence-corrected chi connectivity index (χ1v) is 24.4. The van der Waals surface area contributed by atoms with Crippen molar-refractivity contribution in [1.82, 2.24) is 5.32 Å². The van der Waals surface area contributed by atoms with Crippen molar-refractivity contribution in [3.05, 3.63) is 12.2 Å². The lowest BCUT2D eigenvalue weighted by Gasteiger charge is -2.25. The highest BCUT2D eigenvalue weighted by Gasteiger charge is 2.28. The first-order valence-electron chi connectivity index (χ1n) is 22.9. The van der Waals surface area contributed by atoms with Crippen LogP contribution in [0.15, 0.2) is 12.2 Å². The fourth-order valence-electron chi connectivity index (χ4n) is 6.94. The summed E-state index contributed by atoms with van der Waals surface area (Å²) in [6, 6.07) is -0.895. The summed E-state index contributed by atoms with van der Waals surface area (Å²) in [5.74, 6) is -0.416. The molecule has 0 aromatic rings. The Morgan fingerprint density at radius 1 is 0.611 bits per heavy atom. The standard InChI is InChI=1S/C44H89N2O7P/c1-3-5-7-9-11-13-15-17-18-19-20-21-22-24-25-27-29-31-33-35-41(47)39-44(49)46-42(40-53-54(50,51)52-38-37-45)43(48)36-34-32-30-28-26-23-16-14-12-10-8-6-4-2/h21-22,41-43,47-48H,3-20,23-40,45H2,1-2H3,(H,46,49)(H,50,51)/b22-21-. The van der Waals surface area contributed by atoms with Gasteiger partial charge in [0.15, 0.2) is 0 Å².